The Morgan fingerprint density at radius 1 is 1.10 bits per heavy atom. The lowest BCUT2D eigenvalue weighted by Gasteiger charge is -2.19. The fourth-order valence-corrected chi connectivity index (χ4v) is 2.01. The van der Waals surface area contributed by atoms with Gasteiger partial charge in [-0.1, -0.05) is 37.3 Å². The number of methoxy groups -OCH3 is 1. The third-order valence-electron chi connectivity index (χ3n) is 3.39. The van der Waals surface area contributed by atoms with Gasteiger partial charge in [-0.3, -0.25) is 4.79 Å². The molecule has 2 aromatic carbocycles. The van der Waals surface area contributed by atoms with Crippen LogP contribution in [0.25, 0.3) is 0 Å². The molecule has 4 nitrogen and oxygen atoms in total. The summed E-state index contributed by atoms with van der Waals surface area (Å²) >= 11 is 0. The van der Waals surface area contributed by atoms with E-state index >= 15 is 0 Å². The van der Waals surface area contributed by atoms with Crippen molar-refractivity contribution in [3.63, 3.8) is 0 Å². The SMILES string of the molecule is COc1ccc([C@@H](O)[C@@H](C)C(=O)Nc2ccccc2)cc1. The van der Waals surface area contributed by atoms with Crippen LogP contribution in [0.3, 0.4) is 0 Å². The van der Waals surface area contributed by atoms with Crippen molar-refractivity contribution in [2.75, 3.05) is 12.4 Å². The Labute approximate surface area is 124 Å². The minimum absolute atomic E-state index is 0.218. The highest BCUT2D eigenvalue weighted by atomic mass is 16.5. The number of amides is 1. The van der Waals surface area contributed by atoms with E-state index in [0.29, 0.717) is 11.3 Å². The van der Waals surface area contributed by atoms with Crippen LogP contribution in [0.15, 0.2) is 54.6 Å². The van der Waals surface area contributed by atoms with Crippen LogP contribution < -0.4 is 10.1 Å². The van der Waals surface area contributed by atoms with Crippen molar-refractivity contribution in [3.05, 3.63) is 60.2 Å². The second kappa shape index (κ2) is 6.90. The zero-order valence-corrected chi connectivity index (χ0v) is 12.1. The number of aliphatic hydroxyl groups excluding tert-OH is 1. The van der Waals surface area contributed by atoms with E-state index in [2.05, 4.69) is 5.32 Å². The van der Waals surface area contributed by atoms with Crippen LogP contribution in [-0.4, -0.2) is 18.1 Å². The molecule has 0 heterocycles. The molecule has 0 spiro atoms. The molecule has 2 rings (SSSR count). The van der Waals surface area contributed by atoms with Crippen molar-refractivity contribution in [3.8, 4) is 5.75 Å². The number of rotatable bonds is 5. The Morgan fingerprint density at radius 3 is 2.29 bits per heavy atom. The minimum Gasteiger partial charge on any atom is -0.497 e. The van der Waals surface area contributed by atoms with Gasteiger partial charge in [-0.25, -0.2) is 0 Å². The van der Waals surface area contributed by atoms with Crippen LogP contribution in [0, 0.1) is 5.92 Å². The Bertz CT molecular complexity index is 581. The van der Waals surface area contributed by atoms with Gasteiger partial charge in [-0.2, -0.15) is 0 Å². The van der Waals surface area contributed by atoms with Crippen LogP contribution in [0.1, 0.15) is 18.6 Å². The maximum atomic E-state index is 12.2. The lowest BCUT2D eigenvalue weighted by molar-refractivity contribution is -0.122. The van der Waals surface area contributed by atoms with Gasteiger partial charge >= 0.3 is 0 Å². The summed E-state index contributed by atoms with van der Waals surface area (Å²) in [4.78, 5) is 12.2. The first-order chi connectivity index (χ1) is 10.1. The lowest BCUT2D eigenvalue weighted by Crippen LogP contribution is -2.25. The van der Waals surface area contributed by atoms with Gasteiger partial charge in [0.2, 0.25) is 5.91 Å². The van der Waals surface area contributed by atoms with Gasteiger partial charge in [0, 0.05) is 5.69 Å². The van der Waals surface area contributed by atoms with Crippen molar-refractivity contribution in [1.82, 2.24) is 0 Å². The van der Waals surface area contributed by atoms with Crippen LogP contribution in [0.5, 0.6) is 5.75 Å². The van der Waals surface area contributed by atoms with E-state index < -0.39 is 12.0 Å². The zero-order valence-electron chi connectivity index (χ0n) is 12.1. The molecule has 0 aliphatic rings. The van der Waals surface area contributed by atoms with Gasteiger partial charge in [-0.05, 0) is 29.8 Å². The van der Waals surface area contributed by atoms with Gasteiger partial charge < -0.3 is 15.2 Å². The topological polar surface area (TPSA) is 58.6 Å². The highest BCUT2D eigenvalue weighted by molar-refractivity contribution is 5.92. The predicted octanol–water partition coefficient (Wildman–Crippen LogP) is 3.00. The summed E-state index contributed by atoms with van der Waals surface area (Å²) in [5, 5.41) is 13.1. The third kappa shape index (κ3) is 3.83. The highest BCUT2D eigenvalue weighted by Crippen LogP contribution is 2.25. The van der Waals surface area contributed by atoms with Gasteiger partial charge in [0.15, 0.2) is 0 Å². The van der Waals surface area contributed by atoms with E-state index in [4.69, 9.17) is 4.74 Å². The Balaban J connectivity index is 2.03. The van der Waals surface area contributed by atoms with E-state index in [1.165, 1.54) is 0 Å². The van der Waals surface area contributed by atoms with Crippen molar-refractivity contribution in [1.29, 1.82) is 0 Å². The second-order valence-electron chi connectivity index (χ2n) is 4.86. The number of hydrogen-bond donors (Lipinski definition) is 2. The number of nitrogens with one attached hydrogen (secondary N) is 1. The number of aliphatic hydroxyl groups is 1. The van der Waals surface area contributed by atoms with Crippen LogP contribution >= 0.6 is 0 Å². The fourth-order valence-electron chi connectivity index (χ4n) is 2.01. The van der Waals surface area contributed by atoms with E-state index in [1.54, 1.807) is 38.3 Å². The molecule has 2 atom stereocenters. The minimum atomic E-state index is -0.861. The average molecular weight is 285 g/mol. The molecule has 0 aromatic heterocycles. The molecule has 0 bridgehead atoms. The van der Waals surface area contributed by atoms with Gasteiger partial charge in [0.05, 0.1) is 19.1 Å². The third-order valence-corrected chi connectivity index (χ3v) is 3.39. The standard InChI is InChI=1S/C17H19NO3/c1-12(17(20)18-14-6-4-3-5-7-14)16(19)13-8-10-15(21-2)11-9-13/h3-12,16,19H,1-2H3,(H,18,20)/t12-,16+/m1/s1. The number of anilines is 1. The summed E-state index contributed by atoms with van der Waals surface area (Å²) in [6.07, 6.45) is -0.861. The van der Waals surface area contributed by atoms with Crippen molar-refractivity contribution in [2.45, 2.75) is 13.0 Å². The van der Waals surface area contributed by atoms with Crippen molar-refractivity contribution in [2.24, 2.45) is 5.92 Å². The largest absolute Gasteiger partial charge is 0.497 e. The highest BCUT2D eigenvalue weighted by Gasteiger charge is 2.23. The predicted molar refractivity (Wildman–Crippen MR) is 82.2 cm³/mol. The Hall–Kier alpha value is -2.33. The first kappa shape index (κ1) is 15.1. The molecule has 0 fully saturated rings. The molecule has 21 heavy (non-hydrogen) atoms. The van der Waals surface area contributed by atoms with Crippen LogP contribution in [0.2, 0.25) is 0 Å². The smallest absolute Gasteiger partial charge is 0.230 e. The monoisotopic (exact) mass is 285 g/mol. The van der Waals surface area contributed by atoms with E-state index in [0.717, 1.165) is 5.69 Å². The summed E-state index contributed by atoms with van der Waals surface area (Å²) in [6, 6.07) is 16.2. The number of para-hydroxylation sites is 1. The zero-order chi connectivity index (χ0) is 15.2. The molecular weight excluding hydrogens is 266 g/mol. The maximum Gasteiger partial charge on any atom is 0.230 e. The number of carbonyl (C=O) groups excluding carboxylic acids is 1. The summed E-state index contributed by atoms with van der Waals surface area (Å²) < 4.78 is 5.07. The summed E-state index contributed by atoms with van der Waals surface area (Å²) in [5.41, 5.74) is 1.41. The van der Waals surface area contributed by atoms with Crippen LogP contribution in [-0.2, 0) is 4.79 Å². The molecule has 0 saturated heterocycles. The first-order valence-corrected chi connectivity index (χ1v) is 6.79. The molecule has 110 valence electrons. The molecule has 0 aliphatic heterocycles. The molecule has 0 aliphatic carbocycles. The molecule has 0 radical (unpaired) electrons. The molecule has 1 amide bonds. The van der Waals surface area contributed by atoms with Crippen LogP contribution in [0.4, 0.5) is 5.69 Å². The fraction of sp³-hybridized carbons (Fsp3) is 0.235. The number of hydrogen-bond acceptors (Lipinski definition) is 3. The first-order valence-electron chi connectivity index (χ1n) is 6.79. The average Bonchev–Trinajstić information content (AvgIpc) is 2.54. The van der Waals surface area contributed by atoms with E-state index in [-0.39, 0.29) is 5.91 Å². The maximum absolute atomic E-state index is 12.2. The molecule has 2 aromatic rings. The van der Waals surface area contributed by atoms with Crippen molar-refractivity contribution < 1.29 is 14.6 Å². The molecule has 0 unspecified atom stereocenters. The lowest BCUT2D eigenvalue weighted by atomic mass is 9.96. The summed E-state index contributed by atoms with van der Waals surface area (Å²) in [5.74, 6) is -0.0598. The van der Waals surface area contributed by atoms with E-state index in [1.807, 2.05) is 30.3 Å². The molecule has 0 saturated carbocycles. The van der Waals surface area contributed by atoms with Gasteiger partial charge in [0.1, 0.15) is 5.75 Å². The molecule has 2 N–H and O–H groups in total. The summed E-state index contributed by atoms with van der Waals surface area (Å²) in [7, 11) is 1.58. The number of carbonyl (C=O) groups is 1. The quantitative estimate of drug-likeness (QED) is 0.888. The molecule has 4 heteroatoms. The van der Waals surface area contributed by atoms with Gasteiger partial charge in [-0.15, -0.1) is 0 Å². The Kier molecular flexibility index (Phi) is 4.95. The van der Waals surface area contributed by atoms with Gasteiger partial charge in [0.25, 0.3) is 0 Å². The number of benzene rings is 2. The normalized spacial score (nSPS) is 13.3. The molecular formula is C17H19NO3. The Morgan fingerprint density at radius 2 is 1.71 bits per heavy atom. The summed E-state index contributed by atoms with van der Waals surface area (Å²) in [6.45, 7) is 1.70. The van der Waals surface area contributed by atoms with Crippen molar-refractivity contribution >= 4 is 11.6 Å². The van der Waals surface area contributed by atoms with E-state index in [9.17, 15) is 9.90 Å². The second-order valence-corrected chi connectivity index (χ2v) is 4.86. The number of ether oxygens (including phenoxy) is 1.